The van der Waals surface area contributed by atoms with E-state index >= 15 is 0 Å². The van der Waals surface area contributed by atoms with Crippen LogP contribution in [0.15, 0.2) is 23.2 Å². The van der Waals surface area contributed by atoms with Crippen LogP contribution < -0.4 is 5.32 Å². The van der Waals surface area contributed by atoms with E-state index in [2.05, 4.69) is 15.3 Å². The topological polar surface area (TPSA) is 54.9 Å². The summed E-state index contributed by atoms with van der Waals surface area (Å²) in [5, 5.41) is 4.61. The zero-order valence-electron chi connectivity index (χ0n) is 8.40. The molecule has 0 bridgehead atoms. The lowest BCUT2D eigenvalue weighted by Crippen LogP contribution is -2.12. The van der Waals surface area contributed by atoms with E-state index in [1.54, 1.807) is 23.2 Å². The van der Waals surface area contributed by atoms with Crippen molar-refractivity contribution >= 4 is 34.5 Å². The summed E-state index contributed by atoms with van der Waals surface area (Å²) in [4.78, 5) is 19.5. The molecule has 4 nitrogen and oxygen atoms in total. The van der Waals surface area contributed by atoms with Crippen molar-refractivity contribution in [3.05, 3.63) is 39.6 Å². The van der Waals surface area contributed by atoms with Crippen LogP contribution in [0.3, 0.4) is 0 Å². The molecule has 2 aromatic rings. The first-order valence-electron chi connectivity index (χ1n) is 4.48. The quantitative estimate of drug-likeness (QED) is 0.838. The molecule has 2 aromatic heterocycles. The molecule has 1 amide bonds. The van der Waals surface area contributed by atoms with E-state index in [0.717, 1.165) is 5.56 Å². The second kappa shape index (κ2) is 4.59. The van der Waals surface area contributed by atoms with Gasteiger partial charge in [-0.25, -0.2) is 9.97 Å². The number of carbonyl (C=O) groups excluding carboxylic acids is 1. The number of rotatable bonds is 2. The fourth-order valence-electron chi connectivity index (χ4n) is 1.15. The summed E-state index contributed by atoms with van der Waals surface area (Å²) in [7, 11) is 0. The molecule has 2 rings (SSSR count). The molecule has 16 heavy (non-hydrogen) atoms. The molecular formula is C10H8ClN3OS. The van der Waals surface area contributed by atoms with Crippen LogP contribution in [0.4, 0.5) is 5.69 Å². The van der Waals surface area contributed by atoms with Crippen molar-refractivity contribution in [3.63, 3.8) is 0 Å². The lowest BCUT2D eigenvalue weighted by molar-refractivity contribution is 0.102. The number of aromatic nitrogens is 2. The normalized spacial score (nSPS) is 10.1. The van der Waals surface area contributed by atoms with E-state index in [9.17, 15) is 4.79 Å². The van der Waals surface area contributed by atoms with Crippen molar-refractivity contribution in [1.82, 2.24) is 9.97 Å². The van der Waals surface area contributed by atoms with Gasteiger partial charge < -0.3 is 5.32 Å². The fraction of sp³-hybridized carbons (Fsp3) is 0.100. The highest BCUT2D eigenvalue weighted by Gasteiger charge is 2.10. The van der Waals surface area contributed by atoms with Crippen LogP contribution in [0, 0.1) is 6.92 Å². The van der Waals surface area contributed by atoms with Gasteiger partial charge in [0.05, 0.1) is 11.2 Å². The largest absolute Gasteiger partial charge is 0.318 e. The van der Waals surface area contributed by atoms with Crippen LogP contribution in [0.2, 0.25) is 5.15 Å². The van der Waals surface area contributed by atoms with E-state index < -0.39 is 0 Å². The Bertz CT molecular complexity index is 513. The Balaban J connectivity index is 2.21. The highest BCUT2D eigenvalue weighted by molar-refractivity contribution is 7.07. The summed E-state index contributed by atoms with van der Waals surface area (Å²) in [6, 6.07) is 1.76. The Kier molecular flexibility index (Phi) is 3.17. The van der Waals surface area contributed by atoms with Gasteiger partial charge in [0.25, 0.3) is 5.91 Å². The Morgan fingerprint density at radius 1 is 1.50 bits per heavy atom. The number of pyridine rings is 1. The Labute approximate surface area is 101 Å². The van der Waals surface area contributed by atoms with Gasteiger partial charge in [0.2, 0.25) is 0 Å². The van der Waals surface area contributed by atoms with E-state index in [4.69, 9.17) is 11.6 Å². The molecule has 0 aliphatic rings. The molecule has 0 unspecified atom stereocenters. The second-order valence-electron chi connectivity index (χ2n) is 3.18. The number of anilines is 1. The third kappa shape index (κ3) is 2.37. The maximum absolute atomic E-state index is 11.7. The molecule has 0 fully saturated rings. The maximum Gasteiger partial charge on any atom is 0.275 e. The van der Waals surface area contributed by atoms with Crippen LogP contribution in [-0.2, 0) is 0 Å². The first kappa shape index (κ1) is 11.0. The molecule has 0 saturated heterocycles. The van der Waals surface area contributed by atoms with Crippen molar-refractivity contribution in [2.24, 2.45) is 0 Å². The lowest BCUT2D eigenvalue weighted by atomic mass is 10.3. The minimum atomic E-state index is -0.282. The van der Waals surface area contributed by atoms with E-state index in [0.29, 0.717) is 11.4 Å². The van der Waals surface area contributed by atoms with Gasteiger partial charge in [0.1, 0.15) is 5.69 Å². The summed E-state index contributed by atoms with van der Waals surface area (Å²) in [5.74, 6) is -0.282. The molecule has 0 spiro atoms. The molecule has 0 aliphatic heterocycles. The van der Waals surface area contributed by atoms with Crippen molar-refractivity contribution in [1.29, 1.82) is 0 Å². The van der Waals surface area contributed by atoms with Crippen molar-refractivity contribution in [2.45, 2.75) is 6.92 Å². The summed E-state index contributed by atoms with van der Waals surface area (Å²) >= 11 is 7.22. The summed E-state index contributed by atoms with van der Waals surface area (Å²) < 4.78 is 0. The first-order valence-corrected chi connectivity index (χ1v) is 5.80. The third-order valence-electron chi connectivity index (χ3n) is 1.89. The van der Waals surface area contributed by atoms with Crippen LogP contribution in [-0.4, -0.2) is 15.9 Å². The number of nitrogens with one attached hydrogen (secondary N) is 1. The second-order valence-corrected chi connectivity index (χ2v) is 4.26. The number of aryl methyl sites for hydroxylation is 1. The highest BCUT2D eigenvalue weighted by Crippen LogP contribution is 2.20. The number of halogens is 1. The zero-order chi connectivity index (χ0) is 11.5. The minimum Gasteiger partial charge on any atom is -0.318 e. The molecule has 0 radical (unpaired) electrons. The fourth-order valence-corrected chi connectivity index (χ4v) is 1.83. The number of hydrogen-bond donors (Lipinski definition) is 1. The van der Waals surface area contributed by atoms with Gasteiger partial charge >= 0.3 is 0 Å². The Hall–Kier alpha value is -1.46. The van der Waals surface area contributed by atoms with Crippen LogP contribution in [0.25, 0.3) is 0 Å². The van der Waals surface area contributed by atoms with Crippen molar-refractivity contribution in [2.75, 3.05) is 5.32 Å². The maximum atomic E-state index is 11.7. The summed E-state index contributed by atoms with van der Waals surface area (Å²) in [6.45, 7) is 1.88. The number of hydrogen-bond acceptors (Lipinski definition) is 4. The Morgan fingerprint density at radius 3 is 3.00 bits per heavy atom. The van der Waals surface area contributed by atoms with Gasteiger partial charge in [-0.3, -0.25) is 4.79 Å². The van der Waals surface area contributed by atoms with Gasteiger partial charge in [0.15, 0.2) is 5.15 Å². The SMILES string of the molecule is Cc1cnc(Cl)c(NC(=O)c2cscn2)c1. The predicted molar refractivity (Wildman–Crippen MR) is 64.1 cm³/mol. The van der Waals surface area contributed by atoms with E-state index in [1.165, 1.54) is 11.3 Å². The first-order chi connectivity index (χ1) is 7.66. The molecule has 0 aliphatic carbocycles. The summed E-state index contributed by atoms with van der Waals surface area (Å²) in [6.07, 6.45) is 1.64. The average molecular weight is 254 g/mol. The van der Waals surface area contributed by atoms with Gasteiger partial charge in [0, 0.05) is 11.6 Å². The lowest BCUT2D eigenvalue weighted by Gasteiger charge is -2.05. The van der Waals surface area contributed by atoms with Crippen LogP contribution in [0.5, 0.6) is 0 Å². The van der Waals surface area contributed by atoms with E-state index in [-0.39, 0.29) is 11.1 Å². The minimum absolute atomic E-state index is 0.272. The standard InChI is InChI=1S/C10H8ClN3OS/c1-6-2-7(9(11)12-3-6)14-10(15)8-4-16-5-13-8/h2-5H,1H3,(H,14,15). The number of thiazole rings is 1. The van der Waals surface area contributed by atoms with E-state index in [1.807, 2.05) is 6.92 Å². The zero-order valence-corrected chi connectivity index (χ0v) is 9.97. The van der Waals surface area contributed by atoms with Gasteiger partial charge in [-0.2, -0.15) is 0 Å². The van der Waals surface area contributed by atoms with Gasteiger partial charge in [-0.1, -0.05) is 11.6 Å². The summed E-state index contributed by atoms with van der Waals surface area (Å²) in [5.41, 5.74) is 3.41. The Morgan fingerprint density at radius 2 is 2.31 bits per heavy atom. The molecule has 0 atom stereocenters. The van der Waals surface area contributed by atoms with Crippen LogP contribution in [0.1, 0.15) is 16.1 Å². The van der Waals surface area contributed by atoms with Gasteiger partial charge in [-0.05, 0) is 18.6 Å². The van der Waals surface area contributed by atoms with Crippen molar-refractivity contribution in [3.8, 4) is 0 Å². The monoisotopic (exact) mass is 253 g/mol. The molecule has 2 heterocycles. The smallest absolute Gasteiger partial charge is 0.275 e. The number of nitrogens with zero attached hydrogens (tertiary/aromatic N) is 2. The predicted octanol–water partition coefficient (Wildman–Crippen LogP) is 2.75. The van der Waals surface area contributed by atoms with Crippen LogP contribution >= 0.6 is 22.9 Å². The average Bonchev–Trinajstić information content (AvgIpc) is 2.76. The third-order valence-corrected chi connectivity index (χ3v) is 2.78. The molecule has 1 N–H and O–H groups in total. The molecular weight excluding hydrogens is 246 g/mol. The molecule has 82 valence electrons. The molecule has 0 aromatic carbocycles. The molecule has 6 heteroatoms. The molecule has 0 saturated carbocycles. The number of amides is 1. The highest BCUT2D eigenvalue weighted by atomic mass is 35.5. The van der Waals surface area contributed by atoms with Gasteiger partial charge in [-0.15, -0.1) is 11.3 Å². The van der Waals surface area contributed by atoms with Crippen molar-refractivity contribution < 1.29 is 4.79 Å². The number of carbonyl (C=O) groups is 1.